The number of aliphatic hydroxyl groups is 1. The minimum Gasteiger partial charge on any atom is -0.391 e. The van der Waals surface area contributed by atoms with Crippen molar-refractivity contribution in [3.63, 3.8) is 0 Å². The van der Waals surface area contributed by atoms with E-state index in [1.54, 1.807) is 0 Å². The Morgan fingerprint density at radius 3 is 2.62 bits per heavy atom. The van der Waals surface area contributed by atoms with Gasteiger partial charge in [-0.05, 0) is 25.2 Å². The highest BCUT2D eigenvalue weighted by Crippen LogP contribution is 2.30. The van der Waals surface area contributed by atoms with E-state index in [1.165, 1.54) is 19.3 Å². The summed E-state index contributed by atoms with van der Waals surface area (Å²) in [6, 6.07) is 0. The van der Waals surface area contributed by atoms with Gasteiger partial charge in [-0.3, -0.25) is 4.79 Å². The van der Waals surface area contributed by atoms with Gasteiger partial charge in [0.1, 0.15) is 0 Å². The van der Waals surface area contributed by atoms with E-state index in [-0.39, 0.29) is 12.0 Å². The summed E-state index contributed by atoms with van der Waals surface area (Å²) in [7, 11) is 0. The van der Waals surface area contributed by atoms with Gasteiger partial charge in [0.05, 0.1) is 6.10 Å². The second-order valence-corrected chi connectivity index (χ2v) is 4.28. The molecule has 2 fully saturated rings. The fourth-order valence-corrected chi connectivity index (χ4v) is 2.04. The monoisotopic (exact) mass is 183 g/mol. The molecular weight excluding hydrogens is 166 g/mol. The van der Waals surface area contributed by atoms with E-state index < -0.39 is 0 Å². The van der Waals surface area contributed by atoms with E-state index in [9.17, 15) is 9.90 Å². The standard InChI is InChI=1S/C10H17NO2/c12-9-4-5-11(7-9)10(13)6-8-2-1-3-8/h8-9,12H,1-7H2/t9-/m0/s1. The molecule has 1 saturated carbocycles. The van der Waals surface area contributed by atoms with Gasteiger partial charge in [-0.15, -0.1) is 0 Å². The van der Waals surface area contributed by atoms with Crippen LogP contribution in [0.3, 0.4) is 0 Å². The molecule has 1 aliphatic heterocycles. The number of rotatable bonds is 2. The molecule has 1 amide bonds. The maximum absolute atomic E-state index is 11.6. The van der Waals surface area contributed by atoms with Crippen LogP contribution >= 0.6 is 0 Å². The van der Waals surface area contributed by atoms with E-state index in [0.717, 1.165) is 13.0 Å². The Morgan fingerprint density at radius 1 is 1.38 bits per heavy atom. The van der Waals surface area contributed by atoms with Gasteiger partial charge < -0.3 is 10.0 Å². The number of hydrogen-bond donors (Lipinski definition) is 1. The molecule has 1 saturated heterocycles. The number of likely N-dealkylation sites (tertiary alicyclic amines) is 1. The van der Waals surface area contributed by atoms with Crippen LogP contribution in [0.5, 0.6) is 0 Å². The first-order chi connectivity index (χ1) is 6.25. The Morgan fingerprint density at radius 2 is 2.15 bits per heavy atom. The third kappa shape index (κ3) is 2.02. The van der Waals surface area contributed by atoms with Gasteiger partial charge >= 0.3 is 0 Å². The third-order valence-corrected chi connectivity index (χ3v) is 3.20. The first-order valence-corrected chi connectivity index (χ1v) is 5.21. The fraction of sp³-hybridized carbons (Fsp3) is 0.900. The van der Waals surface area contributed by atoms with Crippen LogP contribution in [0.25, 0.3) is 0 Å². The largest absolute Gasteiger partial charge is 0.391 e. The van der Waals surface area contributed by atoms with Crippen LogP contribution in [0.4, 0.5) is 0 Å². The summed E-state index contributed by atoms with van der Waals surface area (Å²) in [6.07, 6.45) is 4.94. The lowest BCUT2D eigenvalue weighted by Crippen LogP contribution is -2.32. The van der Waals surface area contributed by atoms with Crippen molar-refractivity contribution < 1.29 is 9.90 Å². The molecular formula is C10H17NO2. The lowest BCUT2D eigenvalue weighted by atomic mass is 9.83. The van der Waals surface area contributed by atoms with E-state index in [1.807, 2.05) is 4.90 Å². The average Bonchev–Trinajstić information content (AvgIpc) is 2.44. The van der Waals surface area contributed by atoms with Crippen molar-refractivity contribution in [2.45, 2.75) is 38.2 Å². The molecule has 0 aromatic carbocycles. The molecule has 1 atom stereocenters. The van der Waals surface area contributed by atoms with Crippen LogP contribution < -0.4 is 0 Å². The molecule has 1 aliphatic carbocycles. The van der Waals surface area contributed by atoms with Gasteiger partial charge in [0.15, 0.2) is 0 Å². The van der Waals surface area contributed by atoms with Crippen LogP contribution in [-0.4, -0.2) is 35.1 Å². The second-order valence-electron chi connectivity index (χ2n) is 4.28. The summed E-state index contributed by atoms with van der Waals surface area (Å²) in [5, 5.41) is 9.26. The van der Waals surface area contributed by atoms with Crippen molar-refractivity contribution in [3.05, 3.63) is 0 Å². The molecule has 3 nitrogen and oxygen atoms in total. The average molecular weight is 183 g/mol. The van der Waals surface area contributed by atoms with Crippen LogP contribution in [0.2, 0.25) is 0 Å². The Hall–Kier alpha value is -0.570. The minimum absolute atomic E-state index is 0.251. The number of hydrogen-bond acceptors (Lipinski definition) is 2. The van der Waals surface area contributed by atoms with Gasteiger partial charge in [-0.1, -0.05) is 6.42 Å². The molecule has 0 bridgehead atoms. The van der Waals surface area contributed by atoms with Gasteiger partial charge in [0.2, 0.25) is 5.91 Å². The molecule has 0 aromatic rings. The Balaban J connectivity index is 1.76. The molecule has 0 aromatic heterocycles. The first-order valence-electron chi connectivity index (χ1n) is 5.21. The van der Waals surface area contributed by atoms with Crippen molar-refractivity contribution in [2.75, 3.05) is 13.1 Å². The molecule has 2 rings (SSSR count). The van der Waals surface area contributed by atoms with E-state index >= 15 is 0 Å². The molecule has 74 valence electrons. The minimum atomic E-state index is -0.273. The predicted octanol–water partition coefficient (Wildman–Crippen LogP) is 0.770. The van der Waals surface area contributed by atoms with Crippen molar-refractivity contribution in [1.29, 1.82) is 0 Å². The first kappa shape index (κ1) is 9.00. The van der Waals surface area contributed by atoms with Gasteiger partial charge in [-0.25, -0.2) is 0 Å². The van der Waals surface area contributed by atoms with Gasteiger partial charge in [0, 0.05) is 19.5 Å². The summed E-state index contributed by atoms with van der Waals surface area (Å²) in [6.45, 7) is 1.32. The Labute approximate surface area is 78.7 Å². The number of amides is 1. The normalized spacial score (nSPS) is 29.0. The summed E-state index contributed by atoms with van der Waals surface area (Å²) < 4.78 is 0. The molecule has 13 heavy (non-hydrogen) atoms. The highest BCUT2D eigenvalue weighted by molar-refractivity contribution is 5.76. The topological polar surface area (TPSA) is 40.5 Å². The molecule has 1 heterocycles. The van der Waals surface area contributed by atoms with Crippen LogP contribution in [-0.2, 0) is 4.79 Å². The molecule has 3 heteroatoms. The zero-order valence-corrected chi connectivity index (χ0v) is 7.91. The number of carbonyl (C=O) groups is 1. The zero-order valence-electron chi connectivity index (χ0n) is 7.91. The fourth-order valence-electron chi connectivity index (χ4n) is 2.04. The van der Waals surface area contributed by atoms with Crippen molar-refractivity contribution in [3.8, 4) is 0 Å². The Kier molecular flexibility index (Phi) is 2.54. The third-order valence-electron chi connectivity index (χ3n) is 3.20. The Bertz CT molecular complexity index is 201. The predicted molar refractivity (Wildman–Crippen MR) is 49.2 cm³/mol. The molecule has 2 aliphatic rings. The number of β-amino-alcohol motifs (C(OH)–C–C–N with tert-alkyl or cyclic N) is 1. The maximum atomic E-state index is 11.6. The van der Waals surface area contributed by atoms with Crippen LogP contribution in [0, 0.1) is 5.92 Å². The van der Waals surface area contributed by atoms with E-state index in [2.05, 4.69) is 0 Å². The quantitative estimate of drug-likeness (QED) is 0.687. The molecule has 0 unspecified atom stereocenters. The van der Waals surface area contributed by atoms with Gasteiger partial charge in [-0.2, -0.15) is 0 Å². The zero-order chi connectivity index (χ0) is 9.26. The highest BCUT2D eigenvalue weighted by Gasteiger charge is 2.28. The number of carbonyl (C=O) groups excluding carboxylic acids is 1. The maximum Gasteiger partial charge on any atom is 0.222 e. The summed E-state index contributed by atoms with van der Waals surface area (Å²) in [5.41, 5.74) is 0. The lowest BCUT2D eigenvalue weighted by Gasteiger charge is -2.26. The van der Waals surface area contributed by atoms with Crippen molar-refractivity contribution >= 4 is 5.91 Å². The van der Waals surface area contributed by atoms with Gasteiger partial charge in [0.25, 0.3) is 0 Å². The van der Waals surface area contributed by atoms with Crippen LogP contribution in [0.15, 0.2) is 0 Å². The van der Waals surface area contributed by atoms with Crippen molar-refractivity contribution in [1.82, 2.24) is 4.90 Å². The SMILES string of the molecule is O=C(CC1CCC1)N1CC[C@H](O)C1. The number of nitrogens with zero attached hydrogens (tertiary/aromatic N) is 1. The van der Waals surface area contributed by atoms with Crippen molar-refractivity contribution in [2.24, 2.45) is 5.92 Å². The second kappa shape index (κ2) is 3.66. The van der Waals surface area contributed by atoms with E-state index in [4.69, 9.17) is 0 Å². The lowest BCUT2D eigenvalue weighted by molar-refractivity contribution is -0.132. The smallest absolute Gasteiger partial charge is 0.222 e. The summed E-state index contributed by atoms with van der Waals surface area (Å²) in [4.78, 5) is 13.4. The highest BCUT2D eigenvalue weighted by atomic mass is 16.3. The molecule has 0 spiro atoms. The molecule has 1 N–H and O–H groups in total. The number of aliphatic hydroxyl groups excluding tert-OH is 1. The van der Waals surface area contributed by atoms with E-state index in [0.29, 0.717) is 18.9 Å². The summed E-state index contributed by atoms with van der Waals surface area (Å²) >= 11 is 0. The molecule has 0 radical (unpaired) electrons. The summed E-state index contributed by atoms with van der Waals surface area (Å²) in [5.74, 6) is 0.895. The van der Waals surface area contributed by atoms with Crippen LogP contribution in [0.1, 0.15) is 32.1 Å².